The fourth-order valence-electron chi connectivity index (χ4n) is 4.55. The fraction of sp³-hybridized carbons (Fsp3) is 0.417. The van der Waals surface area contributed by atoms with Gasteiger partial charge in [0, 0.05) is 11.1 Å². The van der Waals surface area contributed by atoms with Crippen molar-refractivity contribution >= 4 is 11.9 Å². The van der Waals surface area contributed by atoms with Gasteiger partial charge in [-0.1, -0.05) is 0 Å². The smallest absolute Gasteiger partial charge is 0.314 e. The molecule has 0 saturated carbocycles. The fourth-order valence-corrected chi connectivity index (χ4v) is 4.55. The molecule has 2 saturated heterocycles. The van der Waals surface area contributed by atoms with Gasteiger partial charge in [-0.15, -0.1) is 0 Å². The Morgan fingerprint density at radius 2 is 0.824 bits per heavy atom. The lowest BCUT2D eigenvalue weighted by atomic mass is 9.84. The van der Waals surface area contributed by atoms with Crippen LogP contribution in [-0.2, 0) is 19.1 Å². The first kappa shape index (κ1) is 23.3. The zero-order chi connectivity index (χ0) is 24.6. The molecule has 0 spiro atoms. The van der Waals surface area contributed by atoms with Crippen molar-refractivity contribution in [1.29, 1.82) is 0 Å². The van der Waals surface area contributed by atoms with E-state index in [4.69, 9.17) is 37.9 Å². The van der Waals surface area contributed by atoms with Crippen molar-refractivity contribution in [3.63, 3.8) is 0 Å². The summed E-state index contributed by atoms with van der Waals surface area (Å²) in [7, 11) is 8.90. The lowest BCUT2D eigenvalue weighted by Gasteiger charge is -2.19. The Bertz CT molecular complexity index is 973. The highest BCUT2D eigenvalue weighted by molar-refractivity contribution is 5.90. The van der Waals surface area contributed by atoms with Gasteiger partial charge < -0.3 is 37.9 Å². The van der Waals surface area contributed by atoms with E-state index >= 15 is 0 Å². The summed E-state index contributed by atoms with van der Waals surface area (Å²) >= 11 is 0. The van der Waals surface area contributed by atoms with Gasteiger partial charge in [0.2, 0.25) is 11.5 Å². The van der Waals surface area contributed by atoms with E-state index in [-0.39, 0.29) is 0 Å². The Labute approximate surface area is 196 Å². The molecule has 0 amide bonds. The second-order valence-electron chi connectivity index (χ2n) is 7.68. The van der Waals surface area contributed by atoms with Gasteiger partial charge in [0.15, 0.2) is 23.0 Å². The first-order valence-corrected chi connectivity index (χ1v) is 10.4. The number of hydrogen-bond donors (Lipinski definition) is 0. The molecule has 2 aromatic carbocycles. The second kappa shape index (κ2) is 9.20. The third kappa shape index (κ3) is 3.59. The quantitative estimate of drug-likeness (QED) is 0.530. The van der Waals surface area contributed by atoms with Crippen molar-refractivity contribution < 1.29 is 47.5 Å². The number of fused-ring (bicyclic) bond motifs is 1. The first-order valence-electron chi connectivity index (χ1n) is 10.4. The molecule has 2 unspecified atom stereocenters. The predicted octanol–water partition coefficient (Wildman–Crippen LogP) is 2.87. The number of carbonyl (C=O) groups excluding carboxylic acids is 2. The highest BCUT2D eigenvalue weighted by atomic mass is 16.6. The molecule has 182 valence electrons. The first-order chi connectivity index (χ1) is 16.4. The van der Waals surface area contributed by atoms with Crippen LogP contribution in [0.3, 0.4) is 0 Å². The Kier molecular flexibility index (Phi) is 6.32. The number of esters is 2. The van der Waals surface area contributed by atoms with E-state index in [0.29, 0.717) is 45.6 Å². The number of cyclic esters (lactones) is 2. The zero-order valence-electron chi connectivity index (χ0n) is 19.7. The molecule has 2 fully saturated rings. The number of benzene rings is 2. The maximum atomic E-state index is 13.0. The minimum absolute atomic E-state index is 0.379. The van der Waals surface area contributed by atoms with E-state index in [2.05, 4.69) is 0 Å². The van der Waals surface area contributed by atoms with Crippen molar-refractivity contribution in [3.05, 3.63) is 35.4 Å². The Hall–Kier alpha value is -3.82. The topological polar surface area (TPSA) is 108 Å². The summed E-state index contributed by atoms with van der Waals surface area (Å²) < 4.78 is 43.7. The van der Waals surface area contributed by atoms with Gasteiger partial charge in [-0.2, -0.15) is 0 Å². The summed E-state index contributed by atoms with van der Waals surface area (Å²) in [5.41, 5.74) is 1.05. The molecule has 0 aliphatic carbocycles. The van der Waals surface area contributed by atoms with Crippen LogP contribution in [0.1, 0.15) is 23.3 Å². The molecule has 34 heavy (non-hydrogen) atoms. The highest BCUT2D eigenvalue weighted by Crippen LogP contribution is 2.54. The van der Waals surface area contributed by atoms with E-state index in [0.717, 1.165) is 0 Å². The molecule has 2 aliphatic heterocycles. The molecule has 2 heterocycles. The minimum atomic E-state index is -0.884. The number of methoxy groups -OCH3 is 6. The summed E-state index contributed by atoms with van der Waals surface area (Å²) in [5.74, 6) is -0.529. The van der Waals surface area contributed by atoms with Gasteiger partial charge in [-0.3, -0.25) is 9.59 Å². The molecule has 4 rings (SSSR count). The summed E-state index contributed by atoms with van der Waals surface area (Å²) in [4.78, 5) is 26.0. The van der Waals surface area contributed by atoms with Gasteiger partial charge in [-0.05, 0) is 24.3 Å². The monoisotopic (exact) mass is 474 g/mol. The largest absolute Gasteiger partial charge is 0.493 e. The van der Waals surface area contributed by atoms with E-state index in [1.54, 1.807) is 24.3 Å². The molecule has 2 aromatic rings. The van der Waals surface area contributed by atoms with Gasteiger partial charge in [0.05, 0.1) is 42.7 Å². The average molecular weight is 474 g/mol. The van der Waals surface area contributed by atoms with Crippen LogP contribution in [0.25, 0.3) is 0 Å². The van der Waals surface area contributed by atoms with Crippen LogP contribution in [0.4, 0.5) is 0 Å². The summed E-state index contributed by atoms with van der Waals surface area (Å²) in [6.07, 6.45) is -1.77. The summed E-state index contributed by atoms with van der Waals surface area (Å²) in [6.45, 7) is 0. The van der Waals surface area contributed by atoms with E-state index in [9.17, 15) is 9.59 Å². The molecule has 0 bridgehead atoms. The van der Waals surface area contributed by atoms with Crippen molar-refractivity contribution in [2.45, 2.75) is 12.2 Å². The second-order valence-corrected chi connectivity index (χ2v) is 7.68. The number of rotatable bonds is 8. The maximum Gasteiger partial charge on any atom is 0.314 e. The van der Waals surface area contributed by atoms with E-state index in [1.165, 1.54) is 42.7 Å². The third-order valence-electron chi connectivity index (χ3n) is 6.10. The molecule has 0 N–H and O–H groups in total. The van der Waals surface area contributed by atoms with Crippen molar-refractivity contribution in [2.24, 2.45) is 11.8 Å². The van der Waals surface area contributed by atoms with Crippen LogP contribution in [0.15, 0.2) is 24.3 Å². The van der Waals surface area contributed by atoms with Crippen LogP contribution in [0.2, 0.25) is 0 Å². The van der Waals surface area contributed by atoms with Gasteiger partial charge >= 0.3 is 11.9 Å². The number of carbonyl (C=O) groups is 2. The standard InChI is InChI=1S/C24H26O10/c1-27-13-7-11(8-14(28-2)21(13)31-5)19-17-18(24(26)33-19)20(34-23(17)25)12-9-15(29-3)22(32-6)16(10-12)30-4/h7-10,17-20H,1-6H3/t17?,18?,19-,20-/m0/s1. The van der Waals surface area contributed by atoms with Crippen molar-refractivity contribution in [2.75, 3.05) is 42.7 Å². The summed E-state index contributed by atoms with van der Waals surface area (Å²) in [5, 5.41) is 0. The third-order valence-corrected chi connectivity index (χ3v) is 6.10. The predicted molar refractivity (Wildman–Crippen MR) is 117 cm³/mol. The van der Waals surface area contributed by atoms with E-state index < -0.39 is 36.0 Å². The lowest BCUT2D eigenvalue weighted by Crippen LogP contribution is -2.19. The molecular formula is C24H26O10. The Balaban J connectivity index is 1.75. The van der Waals surface area contributed by atoms with Gasteiger partial charge in [0.25, 0.3) is 0 Å². The van der Waals surface area contributed by atoms with Crippen molar-refractivity contribution in [1.82, 2.24) is 0 Å². The SMILES string of the molecule is COc1cc([C@@H]2OC(=O)C3C2C(=O)O[C@H]3c2cc(OC)c(OC)c(OC)c2)cc(OC)c1OC. The van der Waals surface area contributed by atoms with Crippen LogP contribution in [0.5, 0.6) is 34.5 Å². The van der Waals surface area contributed by atoms with Gasteiger partial charge in [-0.25, -0.2) is 0 Å². The van der Waals surface area contributed by atoms with Crippen LogP contribution < -0.4 is 28.4 Å². The van der Waals surface area contributed by atoms with Crippen molar-refractivity contribution in [3.8, 4) is 34.5 Å². The number of ether oxygens (including phenoxy) is 8. The molecule has 0 aromatic heterocycles. The normalized spacial score (nSPS) is 23.0. The molecule has 10 heteroatoms. The molecule has 10 nitrogen and oxygen atoms in total. The Morgan fingerprint density at radius 3 is 1.06 bits per heavy atom. The van der Waals surface area contributed by atoms with Crippen LogP contribution in [-0.4, -0.2) is 54.6 Å². The lowest BCUT2D eigenvalue weighted by molar-refractivity contribution is -0.154. The average Bonchev–Trinajstić information content (AvgIpc) is 3.39. The van der Waals surface area contributed by atoms with Crippen LogP contribution >= 0.6 is 0 Å². The molecule has 4 atom stereocenters. The maximum absolute atomic E-state index is 13.0. The molecule has 0 radical (unpaired) electrons. The molecular weight excluding hydrogens is 448 g/mol. The molecule has 2 aliphatic rings. The van der Waals surface area contributed by atoms with Crippen LogP contribution in [0, 0.1) is 11.8 Å². The zero-order valence-corrected chi connectivity index (χ0v) is 19.7. The number of hydrogen-bond acceptors (Lipinski definition) is 10. The summed E-state index contributed by atoms with van der Waals surface area (Å²) in [6, 6.07) is 6.62. The van der Waals surface area contributed by atoms with Gasteiger partial charge in [0.1, 0.15) is 24.0 Å². The van der Waals surface area contributed by atoms with E-state index in [1.807, 2.05) is 0 Å². The minimum Gasteiger partial charge on any atom is -0.493 e. The highest BCUT2D eigenvalue weighted by Gasteiger charge is 2.60. The Morgan fingerprint density at radius 1 is 0.529 bits per heavy atom.